The summed E-state index contributed by atoms with van der Waals surface area (Å²) in [6.07, 6.45) is 2.93. The average Bonchev–Trinajstić information content (AvgIpc) is 3.26. The van der Waals surface area contributed by atoms with E-state index >= 15 is 0 Å². The summed E-state index contributed by atoms with van der Waals surface area (Å²) in [4.78, 5) is 31.9. The molecular weight excluding hydrogens is 341 g/mol. The molecule has 0 radical (unpaired) electrons. The first kappa shape index (κ1) is 16.6. The van der Waals surface area contributed by atoms with Crippen molar-refractivity contribution in [3.05, 3.63) is 46.8 Å². The smallest absolute Gasteiger partial charge is 0.274 e. The molecule has 1 fully saturated rings. The average molecular weight is 359 g/mol. The van der Waals surface area contributed by atoms with Crippen molar-refractivity contribution in [1.82, 2.24) is 25.0 Å². The molecule has 2 aliphatic heterocycles. The minimum absolute atomic E-state index is 0.0229. The lowest BCUT2D eigenvalue weighted by Gasteiger charge is -2.27. The Bertz CT molecular complexity index is 868. The molecule has 0 aromatic carbocycles. The molecule has 0 bridgehead atoms. The van der Waals surface area contributed by atoms with Crippen molar-refractivity contribution in [3.63, 3.8) is 0 Å². The first-order valence-electron chi connectivity index (χ1n) is 8.47. The predicted octanol–water partition coefficient (Wildman–Crippen LogP) is 0.349. The van der Waals surface area contributed by atoms with E-state index in [1.54, 1.807) is 4.90 Å². The number of amides is 2. The lowest BCUT2D eigenvalue weighted by atomic mass is 10.0. The molecule has 1 saturated heterocycles. The lowest BCUT2D eigenvalue weighted by molar-refractivity contribution is 0.0727. The fourth-order valence-electron chi connectivity index (χ4n) is 3.46. The monoisotopic (exact) mass is 359 g/mol. The van der Waals surface area contributed by atoms with Gasteiger partial charge in [0.05, 0.1) is 30.1 Å². The summed E-state index contributed by atoms with van der Waals surface area (Å²) < 4.78 is 13.8. The fraction of sp³-hybridized carbons (Fsp3) is 0.412. The van der Waals surface area contributed by atoms with Gasteiger partial charge in [0.1, 0.15) is 0 Å². The maximum Gasteiger partial charge on any atom is 0.274 e. The van der Waals surface area contributed by atoms with Crippen molar-refractivity contribution < 1.29 is 19.1 Å². The van der Waals surface area contributed by atoms with Gasteiger partial charge in [0.2, 0.25) is 0 Å². The topological polar surface area (TPSA) is 102 Å². The van der Waals surface area contributed by atoms with Crippen LogP contribution in [0.15, 0.2) is 18.5 Å². The van der Waals surface area contributed by atoms with Crippen LogP contribution in [0.1, 0.15) is 38.5 Å². The van der Waals surface area contributed by atoms with Gasteiger partial charge in [-0.15, -0.1) is 0 Å². The summed E-state index contributed by atoms with van der Waals surface area (Å²) >= 11 is 0. The van der Waals surface area contributed by atoms with E-state index in [0.29, 0.717) is 43.9 Å². The zero-order chi connectivity index (χ0) is 18.3. The van der Waals surface area contributed by atoms with Gasteiger partial charge in [0.25, 0.3) is 11.8 Å². The van der Waals surface area contributed by atoms with E-state index in [4.69, 9.17) is 0 Å². The molecule has 9 heteroatoms. The molecule has 0 spiro atoms. The van der Waals surface area contributed by atoms with E-state index in [-0.39, 0.29) is 18.0 Å². The molecule has 2 N–H and O–H groups in total. The van der Waals surface area contributed by atoms with Gasteiger partial charge in [-0.2, -0.15) is 5.10 Å². The molecule has 2 aromatic rings. The van der Waals surface area contributed by atoms with Crippen LogP contribution in [0.2, 0.25) is 0 Å². The number of likely N-dealkylation sites (tertiary alicyclic amines) is 1. The number of aromatic amines is 1. The Morgan fingerprint density at radius 2 is 2.12 bits per heavy atom. The van der Waals surface area contributed by atoms with Crippen molar-refractivity contribution in [2.45, 2.75) is 25.5 Å². The highest BCUT2D eigenvalue weighted by Gasteiger charge is 2.32. The van der Waals surface area contributed by atoms with Gasteiger partial charge in [-0.25, -0.2) is 4.39 Å². The quantitative estimate of drug-likeness (QED) is 0.805. The van der Waals surface area contributed by atoms with Gasteiger partial charge in [-0.3, -0.25) is 19.7 Å². The van der Waals surface area contributed by atoms with Crippen molar-refractivity contribution in [1.29, 1.82) is 0 Å². The van der Waals surface area contributed by atoms with Crippen LogP contribution in [0, 0.1) is 5.82 Å². The van der Waals surface area contributed by atoms with Crippen molar-refractivity contribution >= 4 is 11.8 Å². The lowest BCUT2D eigenvalue weighted by Crippen LogP contribution is -2.37. The van der Waals surface area contributed by atoms with Gasteiger partial charge in [-0.1, -0.05) is 0 Å². The Kier molecular flexibility index (Phi) is 4.15. The van der Waals surface area contributed by atoms with E-state index in [1.807, 2.05) is 0 Å². The molecule has 0 saturated carbocycles. The number of nitrogens with zero attached hydrogens (tertiary/aromatic N) is 4. The van der Waals surface area contributed by atoms with Crippen LogP contribution in [0.5, 0.6) is 0 Å². The van der Waals surface area contributed by atoms with E-state index in [2.05, 4.69) is 15.2 Å². The van der Waals surface area contributed by atoms with E-state index < -0.39 is 17.8 Å². The van der Waals surface area contributed by atoms with Crippen molar-refractivity contribution in [2.24, 2.45) is 0 Å². The number of carbonyl (C=O) groups excluding carboxylic acids is 2. The van der Waals surface area contributed by atoms with Crippen molar-refractivity contribution in [3.8, 4) is 0 Å². The number of hydrogen-bond acceptors (Lipinski definition) is 5. The number of β-amino-alcohol motifs (C(OH)–C–C–N with tert-alkyl or cyclic N) is 1. The van der Waals surface area contributed by atoms with E-state index in [1.165, 1.54) is 17.2 Å². The molecule has 2 amide bonds. The highest BCUT2D eigenvalue weighted by molar-refractivity contribution is 5.96. The molecule has 1 atom stereocenters. The predicted molar refractivity (Wildman–Crippen MR) is 87.8 cm³/mol. The minimum Gasteiger partial charge on any atom is -0.391 e. The molecule has 2 aliphatic rings. The molecule has 26 heavy (non-hydrogen) atoms. The van der Waals surface area contributed by atoms with Crippen molar-refractivity contribution in [2.75, 3.05) is 19.6 Å². The zero-order valence-corrected chi connectivity index (χ0v) is 14.0. The first-order chi connectivity index (χ1) is 12.5. The number of aliphatic hydroxyl groups excluding tert-OH is 1. The van der Waals surface area contributed by atoms with E-state index in [0.717, 1.165) is 11.8 Å². The van der Waals surface area contributed by atoms with Crippen LogP contribution in [-0.2, 0) is 13.0 Å². The summed E-state index contributed by atoms with van der Waals surface area (Å²) in [5, 5.41) is 16.6. The highest BCUT2D eigenvalue weighted by Crippen LogP contribution is 2.24. The van der Waals surface area contributed by atoms with E-state index in [9.17, 15) is 19.1 Å². The number of halogens is 1. The Balaban J connectivity index is 1.52. The molecule has 8 nitrogen and oxygen atoms in total. The van der Waals surface area contributed by atoms with Crippen LogP contribution in [0.4, 0.5) is 4.39 Å². The number of hydrogen-bond donors (Lipinski definition) is 2. The fourth-order valence-corrected chi connectivity index (χ4v) is 3.46. The zero-order valence-electron chi connectivity index (χ0n) is 14.0. The number of aliphatic hydroxyl groups is 1. The Morgan fingerprint density at radius 3 is 2.85 bits per heavy atom. The number of aromatic nitrogens is 3. The second-order valence-corrected chi connectivity index (χ2v) is 6.56. The minimum atomic E-state index is -0.656. The SMILES string of the molecule is O=C(c1ccncc1F)N1CCc2c(C(=O)N3CC[C@H](O)C3)n[nH]c2C1. The maximum absolute atomic E-state index is 13.8. The molecule has 2 aromatic heterocycles. The van der Waals surface area contributed by atoms with Crippen LogP contribution >= 0.6 is 0 Å². The third-order valence-corrected chi connectivity index (χ3v) is 4.88. The maximum atomic E-state index is 13.8. The van der Waals surface area contributed by atoms with Crippen LogP contribution in [0.25, 0.3) is 0 Å². The number of rotatable bonds is 2. The molecule has 136 valence electrons. The summed E-state index contributed by atoms with van der Waals surface area (Å²) in [7, 11) is 0. The number of pyridine rings is 1. The molecule has 0 aliphatic carbocycles. The van der Waals surface area contributed by atoms with Gasteiger partial charge in [0, 0.05) is 31.4 Å². The summed E-state index contributed by atoms with van der Waals surface area (Å²) in [6.45, 7) is 1.43. The molecule has 0 unspecified atom stereocenters. The Morgan fingerprint density at radius 1 is 1.27 bits per heavy atom. The van der Waals surface area contributed by atoms with Gasteiger partial charge >= 0.3 is 0 Å². The third-order valence-electron chi connectivity index (χ3n) is 4.88. The molecule has 4 heterocycles. The summed E-state index contributed by atoms with van der Waals surface area (Å²) in [6, 6.07) is 1.35. The summed E-state index contributed by atoms with van der Waals surface area (Å²) in [5.74, 6) is -1.28. The molecule has 4 rings (SSSR count). The standard InChI is InChI=1S/C17H18FN5O3/c18-13-7-19-4-1-11(13)16(25)23-6-3-12-14(9-23)20-21-15(12)17(26)22-5-2-10(24)8-22/h1,4,7,10,24H,2-3,5-6,8-9H2,(H,20,21)/t10-/m0/s1. The highest BCUT2D eigenvalue weighted by atomic mass is 19.1. The third kappa shape index (κ3) is 2.84. The van der Waals surface area contributed by atoms with Crippen LogP contribution in [-0.4, -0.2) is 67.6 Å². The second-order valence-electron chi connectivity index (χ2n) is 6.56. The number of carbonyl (C=O) groups is 2. The van der Waals surface area contributed by atoms with Gasteiger partial charge in [-0.05, 0) is 18.9 Å². The van der Waals surface area contributed by atoms with Crippen LogP contribution in [0.3, 0.4) is 0 Å². The molecular formula is C17H18FN5O3. The summed E-state index contributed by atoms with van der Waals surface area (Å²) in [5.41, 5.74) is 1.79. The van der Waals surface area contributed by atoms with Gasteiger partial charge in [0.15, 0.2) is 11.5 Å². The second kappa shape index (κ2) is 6.49. The first-order valence-corrected chi connectivity index (χ1v) is 8.47. The number of fused-ring (bicyclic) bond motifs is 1. The number of nitrogens with one attached hydrogen (secondary N) is 1. The number of H-pyrrole nitrogens is 1. The largest absolute Gasteiger partial charge is 0.391 e. The normalized spacial score (nSPS) is 19.5. The van der Waals surface area contributed by atoms with Crippen LogP contribution < -0.4 is 0 Å². The Labute approximate surface area is 148 Å². The van der Waals surface area contributed by atoms with Gasteiger partial charge < -0.3 is 14.9 Å². The Hall–Kier alpha value is -2.81.